The predicted molar refractivity (Wildman–Crippen MR) is 113 cm³/mol. The minimum Gasteiger partial charge on any atom is -0.494 e. The van der Waals surface area contributed by atoms with Gasteiger partial charge in [-0.25, -0.2) is 0 Å². The molecule has 0 atom stereocenters. The second-order valence-corrected chi connectivity index (χ2v) is 6.84. The number of benzene rings is 1. The number of carbonyl (C=O) groups is 2. The van der Waals surface area contributed by atoms with Gasteiger partial charge in [0, 0.05) is 23.6 Å². The molecule has 0 unspecified atom stereocenters. The van der Waals surface area contributed by atoms with E-state index in [9.17, 15) is 9.59 Å². The lowest BCUT2D eigenvalue weighted by Gasteiger charge is -2.27. The maximum Gasteiger partial charge on any atom is 0.265 e. The lowest BCUT2D eigenvalue weighted by molar-refractivity contribution is -0.128. The average Bonchev–Trinajstić information content (AvgIpc) is 2.93. The number of ether oxygens (including phenoxy) is 1. The van der Waals surface area contributed by atoms with E-state index < -0.39 is 5.91 Å². The van der Waals surface area contributed by atoms with Crippen molar-refractivity contribution in [2.75, 3.05) is 13.2 Å². The molecule has 0 radical (unpaired) electrons. The Bertz CT molecular complexity index is 974. The number of hydrogen-bond donors (Lipinski definition) is 1. The van der Waals surface area contributed by atoms with Crippen LogP contribution in [-0.2, 0) is 9.59 Å². The van der Waals surface area contributed by atoms with Gasteiger partial charge in [-0.05, 0) is 81.9 Å². The highest BCUT2D eigenvalue weighted by Crippen LogP contribution is 2.25. The van der Waals surface area contributed by atoms with E-state index in [1.807, 2.05) is 58.0 Å². The highest BCUT2D eigenvalue weighted by molar-refractivity contribution is 7.80. The van der Waals surface area contributed by atoms with E-state index in [2.05, 4.69) is 9.88 Å². The van der Waals surface area contributed by atoms with Crippen molar-refractivity contribution in [1.82, 2.24) is 14.8 Å². The molecule has 1 aromatic carbocycles. The topological polar surface area (TPSA) is 63.6 Å². The summed E-state index contributed by atoms with van der Waals surface area (Å²) in [4.78, 5) is 26.3. The van der Waals surface area contributed by atoms with E-state index in [4.69, 9.17) is 17.0 Å². The summed E-state index contributed by atoms with van der Waals surface area (Å²) in [6, 6.07) is 9.78. The first kappa shape index (κ1) is 19.8. The molecule has 2 amide bonds. The molecule has 6 nitrogen and oxygen atoms in total. The van der Waals surface area contributed by atoms with Crippen LogP contribution in [0.4, 0.5) is 0 Å². The molecule has 1 fully saturated rings. The first-order chi connectivity index (χ1) is 13.4. The van der Waals surface area contributed by atoms with E-state index in [1.54, 1.807) is 6.08 Å². The number of carbonyl (C=O) groups excluding carboxylic acids is 2. The smallest absolute Gasteiger partial charge is 0.265 e. The molecular weight excluding hydrogens is 374 g/mol. The Morgan fingerprint density at radius 3 is 2.43 bits per heavy atom. The molecule has 2 heterocycles. The van der Waals surface area contributed by atoms with Gasteiger partial charge in [-0.3, -0.25) is 19.8 Å². The number of rotatable bonds is 5. The molecule has 1 saturated heterocycles. The maximum absolute atomic E-state index is 12.6. The molecule has 3 rings (SSSR count). The molecule has 0 aliphatic carbocycles. The lowest BCUT2D eigenvalue weighted by atomic mass is 10.1. The van der Waals surface area contributed by atoms with Gasteiger partial charge in [0.1, 0.15) is 11.3 Å². The molecule has 28 heavy (non-hydrogen) atoms. The third-order valence-electron chi connectivity index (χ3n) is 4.68. The van der Waals surface area contributed by atoms with Crippen molar-refractivity contribution >= 4 is 35.2 Å². The zero-order valence-electron chi connectivity index (χ0n) is 16.4. The third-order valence-corrected chi connectivity index (χ3v) is 5.00. The van der Waals surface area contributed by atoms with Crippen LogP contribution in [0.1, 0.15) is 30.8 Å². The van der Waals surface area contributed by atoms with Gasteiger partial charge >= 0.3 is 0 Å². The van der Waals surface area contributed by atoms with Gasteiger partial charge in [-0.1, -0.05) is 0 Å². The van der Waals surface area contributed by atoms with Crippen molar-refractivity contribution in [3.05, 3.63) is 52.9 Å². The van der Waals surface area contributed by atoms with Gasteiger partial charge in [0.15, 0.2) is 5.11 Å². The number of hydrogen-bond acceptors (Lipinski definition) is 4. The lowest BCUT2D eigenvalue weighted by Crippen LogP contribution is -2.53. The summed E-state index contributed by atoms with van der Waals surface area (Å²) in [7, 11) is 0. The summed E-state index contributed by atoms with van der Waals surface area (Å²) in [5.74, 6) is -0.0242. The number of nitrogens with one attached hydrogen (secondary N) is 1. The molecule has 0 spiro atoms. The van der Waals surface area contributed by atoms with Gasteiger partial charge in [0.2, 0.25) is 0 Å². The second-order valence-electron chi connectivity index (χ2n) is 6.46. The molecule has 1 N–H and O–H groups in total. The van der Waals surface area contributed by atoms with Gasteiger partial charge in [-0.2, -0.15) is 0 Å². The first-order valence-corrected chi connectivity index (χ1v) is 9.59. The van der Waals surface area contributed by atoms with Crippen LogP contribution in [-0.4, -0.2) is 39.5 Å². The molecule has 146 valence electrons. The third kappa shape index (κ3) is 3.57. The number of aromatic nitrogens is 1. The second kappa shape index (κ2) is 7.98. The van der Waals surface area contributed by atoms with Crippen LogP contribution in [0, 0.1) is 13.8 Å². The Hall–Kier alpha value is -2.93. The van der Waals surface area contributed by atoms with Crippen molar-refractivity contribution in [2.45, 2.75) is 27.7 Å². The largest absolute Gasteiger partial charge is 0.494 e. The summed E-state index contributed by atoms with van der Waals surface area (Å²) >= 11 is 5.07. The van der Waals surface area contributed by atoms with E-state index in [-0.39, 0.29) is 16.6 Å². The number of likely N-dealkylation sites (N-methyl/N-ethyl adjacent to an activating group) is 1. The van der Waals surface area contributed by atoms with E-state index in [0.29, 0.717) is 13.2 Å². The highest BCUT2D eigenvalue weighted by Gasteiger charge is 2.32. The van der Waals surface area contributed by atoms with Crippen molar-refractivity contribution in [3.8, 4) is 11.4 Å². The van der Waals surface area contributed by atoms with Crippen LogP contribution in [0.25, 0.3) is 11.8 Å². The molecule has 2 aromatic rings. The quantitative estimate of drug-likeness (QED) is 0.478. The number of thiocarbonyl (C=S) groups is 1. The summed E-state index contributed by atoms with van der Waals surface area (Å²) < 4.78 is 7.58. The van der Waals surface area contributed by atoms with E-state index in [1.165, 1.54) is 4.90 Å². The number of amides is 2. The first-order valence-electron chi connectivity index (χ1n) is 9.18. The normalized spacial score (nSPS) is 15.9. The Morgan fingerprint density at radius 2 is 1.82 bits per heavy atom. The van der Waals surface area contributed by atoms with Crippen molar-refractivity contribution < 1.29 is 14.3 Å². The summed E-state index contributed by atoms with van der Waals surface area (Å²) in [5.41, 5.74) is 3.82. The molecule has 0 bridgehead atoms. The van der Waals surface area contributed by atoms with Gasteiger partial charge in [-0.15, -0.1) is 0 Å². The van der Waals surface area contributed by atoms with Gasteiger partial charge in [0.05, 0.1) is 6.61 Å². The van der Waals surface area contributed by atoms with Crippen molar-refractivity contribution in [1.29, 1.82) is 0 Å². The molecule has 1 aromatic heterocycles. The summed E-state index contributed by atoms with van der Waals surface area (Å²) in [5, 5.41) is 2.73. The van der Waals surface area contributed by atoms with Crippen molar-refractivity contribution in [2.24, 2.45) is 0 Å². The Morgan fingerprint density at radius 1 is 1.14 bits per heavy atom. The molecule has 7 heteroatoms. The predicted octanol–water partition coefficient (Wildman–Crippen LogP) is 3.14. The number of aryl methyl sites for hydroxylation is 1. The van der Waals surface area contributed by atoms with Gasteiger partial charge in [0.25, 0.3) is 11.8 Å². The fraction of sp³-hybridized carbons (Fsp3) is 0.286. The summed E-state index contributed by atoms with van der Waals surface area (Å²) in [6.07, 6.45) is 1.63. The minimum absolute atomic E-state index is 0.0855. The van der Waals surface area contributed by atoms with Crippen LogP contribution < -0.4 is 10.1 Å². The Balaban J connectivity index is 1.99. The molecule has 1 aliphatic heterocycles. The molecule has 1 aliphatic rings. The standard InChI is InChI=1S/C21H23N3O3S/c1-5-23-20(26)18(19(25)22-21(23)28)12-15-11-13(3)24(14(15)4)16-7-9-17(10-8-16)27-6-2/h7-12H,5-6H2,1-4H3,(H,22,25,28). The SMILES string of the molecule is CCOc1ccc(-n2c(C)cc(C=C3C(=O)NC(=S)N(CC)C3=O)c2C)cc1. The average molecular weight is 398 g/mol. The Kier molecular flexibility index (Phi) is 5.65. The highest BCUT2D eigenvalue weighted by atomic mass is 32.1. The van der Waals surface area contributed by atoms with E-state index in [0.717, 1.165) is 28.4 Å². The number of nitrogens with zero attached hydrogens (tertiary/aromatic N) is 2. The zero-order valence-corrected chi connectivity index (χ0v) is 17.2. The monoisotopic (exact) mass is 397 g/mol. The van der Waals surface area contributed by atoms with Crippen LogP contribution in [0.15, 0.2) is 35.9 Å². The molecule has 0 saturated carbocycles. The van der Waals surface area contributed by atoms with Crippen molar-refractivity contribution in [3.63, 3.8) is 0 Å². The summed E-state index contributed by atoms with van der Waals surface area (Å²) in [6.45, 7) is 8.73. The zero-order chi connectivity index (χ0) is 20.4. The van der Waals surface area contributed by atoms with Crippen LogP contribution >= 0.6 is 12.2 Å². The van der Waals surface area contributed by atoms with E-state index >= 15 is 0 Å². The fourth-order valence-corrected chi connectivity index (χ4v) is 3.63. The minimum atomic E-state index is -0.467. The van der Waals surface area contributed by atoms with Gasteiger partial charge < -0.3 is 9.30 Å². The molecular formula is C21H23N3O3S. The van der Waals surface area contributed by atoms with Crippen LogP contribution in [0.2, 0.25) is 0 Å². The fourth-order valence-electron chi connectivity index (χ4n) is 3.33. The maximum atomic E-state index is 12.6. The van der Waals surface area contributed by atoms with Crippen LogP contribution in [0.5, 0.6) is 5.75 Å². The van der Waals surface area contributed by atoms with Crippen LogP contribution in [0.3, 0.4) is 0 Å². The Labute approximate surface area is 169 Å².